The molecule has 0 unspecified atom stereocenters. The Hall–Kier alpha value is -2.40. The van der Waals surface area contributed by atoms with Crippen molar-refractivity contribution in [1.82, 2.24) is 14.8 Å². The van der Waals surface area contributed by atoms with Gasteiger partial charge >= 0.3 is 0 Å². The highest BCUT2D eigenvalue weighted by molar-refractivity contribution is 14.1. The number of carbonyl (C=O) groups is 2. The van der Waals surface area contributed by atoms with E-state index in [1.165, 1.54) is 18.7 Å². The van der Waals surface area contributed by atoms with Crippen molar-refractivity contribution in [3.63, 3.8) is 0 Å². The van der Waals surface area contributed by atoms with Gasteiger partial charge in [-0.2, -0.15) is 0 Å². The van der Waals surface area contributed by atoms with Gasteiger partial charge in [0.05, 0.1) is 17.1 Å². The zero-order valence-electron chi connectivity index (χ0n) is 14.3. The van der Waals surface area contributed by atoms with Crippen LogP contribution in [0.4, 0.5) is 11.4 Å². The average Bonchev–Trinajstić information content (AvgIpc) is 3.10. The lowest BCUT2D eigenvalue weighted by Crippen LogP contribution is -2.15. The van der Waals surface area contributed by atoms with Gasteiger partial charge in [0, 0.05) is 16.2 Å². The van der Waals surface area contributed by atoms with Gasteiger partial charge in [-0.25, -0.2) is 0 Å². The molecule has 2 amide bonds. The Kier molecular flexibility index (Phi) is 6.45. The number of thioether (sulfide) groups is 1. The Morgan fingerprint density at radius 3 is 2.74 bits per heavy atom. The number of rotatable bonds is 6. The maximum atomic E-state index is 12.2. The molecule has 2 aromatic carbocycles. The van der Waals surface area contributed by atoms with Crippen molar-refractivity contribution in [2.45, 2.75) is 12.1 Å². The fourth-order valence-electron chi connectivity index (χ4n) is 2.32. The highest BCUT2D eigenvalue weighted by Crippen LogP contribution is 2.22. The molecule has 7 nitrogen and oxygen atoms in total. The van der Waals surface area contributed by atoms with Crippen LogP contribution < -0.4 is 10.6 Å². The van der Waals surface area contributed by atoms with Gasteiger partial charge in [-0.05, 0) is 52.9 Å². The number of nitrogens with one attached hydrogen (secondary N) is 2. The van der Waals surface area contributed by atoms with Gasteiger partial charge < -0.3 is 10.6 Å². The Morgan fingerprint density at radius 1 is 1.15 bits per heavy atom. The lowest BCUT2D eigenvalue weighted by Gasteiger charge is -2.09. The van der Waals surface area contributed by atoms with Gasteiger partial charge in [0.15, 0.2) is 5.16 Å². The molecule has 0 saturated carbocycles. The topological polar surface area (TPSA) is 88.9 Å². The second-order valence-electron chi connectivity index (χ2n) is 5.53. The molecular formula is C18H16IN5O2S. The van der Waals surface area contributed by atoms with Crippen molar-refractivity contribution in [2.24, 2.45) is 0 Å². The SMILES string of the molecule is CC(=O)Nc1cccc(-n2cnnc2SCC(=O)Nc2ccccc2I)c1. The van der Waals surface area contributed by atoms with Crippen molar-refractivity contribution < 1.29 is 9.59 Å². The summed E-state index contributed by atoms with van der Waals surface area (Å²) in [6.07, 6.45) is 1.58. The minimum absolute atomic E-state index is 0.120. The number of benzene rings is 2. The number of halogens is 1. The molecule has 0 aliphatic heterocycles. The van der Waals surface area contributed by atoms with Gasteiger partial charge in [-0.15, -0.1) is 10.2 Å². The lowest BCUT2D eigenvalue weighted by atomic mass is 10.2. The molecule has 0 spiro atoms. The molecule has 1 aromatic heterocycles. The molecule has 0 bridgehead atoms. The molecule has 2 N–H and O–H groups in total. The smallest absolute Gasteiger partial charge is 0.234 e. The standard InChI is InChI=1S/C18H16IN5O2S/c1-12(25)21-13-5-4-6-14(9-13)24-11-20-23-18(24)27-10-17(26)22-16-8-3-2-7-15(16)19/h2-9,11H,10H2,1H3,(H,21,25)(H,22,26). The summed E-state index contributed by atoms with van der Waals surface area (Å²) in [6, 6.07) is 14.9. The fourth-order valence-corrected chi connectivity index (χ4v) is 3.57. The van der Waals surface area contributed by atoms with Gasteiger partial charge in [-0.1, -0.05) is 30.0 Å². The molecule has 0 saturated heterocycles. The molecule has 0 radical (unpaired) electrons. The van der Waals surface area contributed by atoms with Crippen LogP contribution in [0.1, 0.15) is 6.92 Å². The molecule has 27 heavy (non-hydrogen) atoms. The number of para-hydroxylation sites is 1. The third kappa shape index (κ3) is 5.30. The Balaban J connectivity index is 1.68. The van der Waals surface area contributed by atoms with E-state index in [2.05, 4.69) is 43.4 Å². The van der Waals surface area contributed by atoms with Crippen LogP contribution in [0.5, 0.6) is 0 Å². The first kappa shape index (κ1) is 19.4. The monoisotopic (exact) mass is 493 g/mol. The second-order valence-corrected chi connectivity index (χ2v) is 7.64. The van der Waals surface area contributed by atoms with Gasteiger partial charge in [0.2, 0.25) is 11.8 Å². The Morgan fingerprint density at radius 2 is 1.96 bits per heavy atom. The molecule has 0 aliphatic carbocycles. The van der Waals surface area contributed by atoms with Gasteiger partial charge in [0.1, 0.15) is 6.33 Å². The van der Waals surface area contributed by atoms with Crippen LogP contribution in [0.2, 0.25) is 0 Å². The normalized spacial score (nSPS) is 10.4. The summed E-state index contributed by atoms with van der Waals surface area (Å²) in [4.78, 5) is 23.5. The maximum Gasteiger partial charge on any atom is 0.234 e. The second kappa shape index (κ2) is 9.00. The van der Waals surface area contributed by atoms with Crippen molar-refractivity contribution in [3.8, 4) is 5.69 Å². The van der Waals surface area contributed by atoms with E-state index >= 15 is 0 Å². The maximum absolute atomic E-state index is 12.2. The van der Waals surface area contributed by atoms with Gasteiger partial charge in [-0.3, -0.25) is 14.2 Å². The van der Waals surface area contributed by atoms with Crippen LogP contribution in [0, 0.1) is 3.57 Å². The van der Waals surface area contributed by atoms with Crippen LogP contribution in [0.3, 0.4) is 0 Å². The first-order valence-corrected chi connectivity index (χ1v) is 10.0. The summed E-state index contributed by atoms with van der Waals surface area (Å²) in [6.45, 7) is 1.46. The molecule has 9 heteroatoms. The predicted octanol–water partition coefficient (Wildman–Crippen LogP) is 3.56. The van der Waals surface area contributed by atoms with Crippen molar-refractivity contribution >= 4 is 57.5 Å². The summed E-state index contributed by atoms with van der Waals surface area (Å²) in [5.41, 5.74) is 2.26. The highest BCUT2D eigenvalue weighted by atomic mass is 127. The molecule has 1 heterocycles. The zero-order chi connectivity index (χ0) is 19.2. The van der Waals surface area contributed by atoms with E-state index in [9.17, 15) is 9.59 Å². The number of hydrogen-bond acceptors (Lipinski definition) is 5. The number of aromatic nitrogens is 3. The first-order chi connectivity index (χ1) is 13.0. The van der Waals surface area contributed by atoms with Crippen LogP contribution in [-0.4, -0.2) is 32.3 Å². The van der Waals surface area contributed by atoms with E-state index in [-0.39, 0.29) is 17.6 Å². The molecule has 0 fully saturated rings. The number of carbonyl (C=O) groups excluding carboxylic acids is 2. The summed E-state index contributed by atoms with van der Waals surface area (Å²) in [5, 5.41) is 14.2. The molecular weight excluding hydrogens is 477 g/mol. The molecule has 138 valence electrons. The molecule has 0 atom stereocenters. The molecule has 3 rings (SSSR count). The van der Waals surface area contributed by atoms with E-state index in [1.54, 1.807) is 17.0 Å². The van der Waals surface area contributed by atoms with Crippen LogP contribution in [0.15, 0.2) is 60.0 Å². The Labute approximate surface area is 174 Å². The van der Waals surface area contributed by atoms with Crippen LogP contribution >= 0.6 is 34.4 Å². The molecule has 0 aliphatic rings. The van der Waals surface area contributed by atoms with Gasteiger partial charge in [0.25, 0.3) is 0 Å². The van der Waals surface area contributed by atoms with Crippen LogP contribution in [-0.2, 0) is 9.59 Å². The third-order valence-electron chi connectivity index (χ3n) is 3.44. The fraction of sp³-hybridized carbons (Fsp3) is 0.111. The number of hydrogen-bond donors (Lipinski definition) is 2. The number of nitrogens with zero attached hydrogens (tertiary/aromatic N) is 3. The summed E-state index contributed by atoms with van der Waals surface area (Å²) in [5.74, 6) is -0.0573. The minimum atomic E-state index is -0.141. The summed E-state index contributed by atoms with van der Waals surface area (Å²) >= 11 is 3.47. The van der Waals surface area contributed by atoms with E-state index in [0.29, 0.717) is 10.8 Å². The quantitative estimate of drug-likeness (QED) is 0.405. The van der Waals surface area contributed by atoms with E-state index in [4.69, 9.17) is 0 Å². The number of amides is 2. The first-order valence-electron chi connectivity index (χ1n) is 7.98. The van der Waals surface area contributed by atoms with Crippen molar-refractivity contribution in [3.05, 3.63) is 58.4 Å². The minimum Gasteiger partial charge on any atom is -0.326 e. The number of anilines is 2. The third-order valence-corrected chi connectivity index (χ3v) is 5.33. The predicted molar refractivity (Wildman–Crippen MR) is 114 cm³/mol. The summed E-state index contributed by atoms with van der Waals surface area (Å²) in [7, 11) is 0. The van der Waals surface area contributed by atoms with Crippen LogP contribution in [0.25, 0.3) is 5.69 Å². The van der Waals surface area contributed by atoms with E-state index < -0.39 is 0 Å². The van der Waals surface area contributed by atoms with E-state index in [0.717, 1.165) is 14.9 Å². The van der Waals surface area contributed by atoms with Crippen molar-refractivity contribution in [1.29, 1.82) is 0 Å². The highest BCUT2D eigenvalue weighted by Gasteiger charge is 2.12. The zero-order valence-corrected chi connectivity index (χ0v) is 17.3. The van der Waals surface area contributed by atoms with Crippen molar-refractivity contribution in [2.75, 3.05) is 16.4 Å². The average molecular weight is 493 g/mol. The largest absolute Gasteiger partial charge is 0.326 e. The van der Waals surface area contributed by atoms with E-state index in [1.807, 2.05) is 42.5 Å². The Bertz CT molecular complexity index is 976. The summed E-state index contributed by atoms with van der Waals surface area (Å²) < 4.78 is 2.75. The lowest BCUT2D eigenvalue weighted by molar-refractivity contribution is -0.114. The molecule has 3 aromatic rings.